The highest BCUT2D eigenvalue weighted by molar-refractivity contribution is 6.37. The smallest absolute Gasteiger partial charge is 0.355 e. The Kier molecular flexibility index (Phi) is 5.85. The molecule has 0 aromatic heterocycles. The second kappa shape index (κ2) is 8.07. The van der Waals surface area contributed by atoms with E-state index < -0.39 is 12.1 Å². The minimum Gasteiger partial charge on any atom is -0.448 e. The van der Waals surface area contributed by atoms with Crippen LogP contribution in [0.3, 0.4) is 0 Å². The summed E-state index contributed by atoms with van der Waals surface area (Å²) in [6.07, 6.45) is 0.184. The molecule has 1 aliphatic rings. The summed E-state index contributed by atoms with van der Waals surface area (Å²) in [5.41, 5.74) is 3.45. The fourth-order valence-electron chi connectivity index (χ4n) is 2.02. The van der Waals surface area contributed by atoms with E-state index in [0.717, 1.165) is 5.56 Å². The Hall–Kier alpha value is -2.70. The number of hydrogen-bond acceptors (Lipinski definition) is 5. The number of carbonyl (C=O) groups excluding carboxylic acids is 3. The molecular formula is C16H19N3O4. The first-order chi connectivity index (χ1) is 11.1. The van der Waals surface area contributed by atoms with Crippen LogP contribution in [0.25, 0.3) is 0 Å². The summed E-state index contributed by atoms with van der Waals surface area (Å²) in [5.74, 6) is -1.29. The number of ether oxygens (including phenoxy) is 1. The summed E-state index contributed by atoms with van der Waals surface area (Å²) in [5, 5.41) is 6.36. The lowest BCUT2D eigenvalue weighted by Gasteiger charge is -2.15. The molecule has 7 heteroatoms. The van der Waals surface area contributed by atoms with E-state index in [2.05, 4.69) is 15.8 Å². The third kappa shape index (κ3) is 5.21. The summed E-state index contributed by atoms with van der Waals surface area (Å²) in [6, 6.07) is 9.76. The zero-order chi connectivity index (χ0) is 16.7. The van der Waals surface area contributed by atoms with Gasteiger partial charge >= 0.3 is 5.97 Å². The number of amides is 2. The van der Waals surface area contributed by atoms with Crippen LogP contribution < -0.4 is 10.7 Å². The van der Waals surface area contributed by atoms with Crippen LogP contribution in [-0.2, 0) is 25.5 Å². The van der Waals surface area contributed by atoms with E-state index in [9.17, 15) is 14.4 Å². The molecule has 0 saturated heterocycles. The first-order valence-electron chi connectivity index (χ1n) is 7.44. The molecule has 1 aromatic rings. The monoisotopic (exact) mass is 317 g/mol. The molecule has 1 atom stereocenters. The maximum absolute atomic E-state index is 11.9. The summed E-state index contributed by atoms with van der Waals surface area (Å²) in [7, 11) is 0. The lowest BCUT2D eigenvalue weighted by molar-refractivity contribution is -0.148. The second-order valence-corrected chi connectivity index (χ2v) is 5.17. The van der Waals surface area contributed by atoms with Crippen LogP contribution in [0.1, 0.15) is 25.3 Å². The molecule has 7 nitrogen and oxygen atoms in total. The molecule has 2 amide bonds. The van der Waals surface area contributed by atoms with Crippen molar-refractivity contribution in [1.29, 1.82) is 0 Å². The number of hydrogen-bond donors (Lipinski definition) is 2. The summed E-state index contributed by atoms with van der Waals surface area (Å²) < 4.78 is 5.06. The molecule has 0 radical (unpaired) electrons. The van der Waals surface area contributed by atoms with E-state index >= 15 is 0 Å². The van der Waals surface area contributed by atoms with Gasteiger partial charge in [0.2, 0.25) is 5.91 Å². The van der Waals surface area contributed by atoms with Crippen LogP contribution in [0.2, 0.25) is 0 Å². The van der Waals surface area contributed by atoms with Crippen molar-refractivity contribution in [2.75, 3.05) is 6.54 Å². The van der Waals surface area contributed by atoms with E-state index in [4.69, 9.17) is 4.74 Å². The molecule has 0 unspecified atom stereocenters. The van der Waals surface area contributed by atoms with Crippen molar-refractivity contribution in [3.05, 3.63) is 35.9 Å². The Morgan fingerprint density at radius 1 is 1.30 bits per heavy atom. The maximum atomic E-state index is 11.9. The Balaban J connectivity index is 1.74. The fraction of sp³-hybridized carbons (Fsp3) is 0.375. The number of hydrazone groups is 1. The van der Waals surface area contributed by atoms with E-state index in [1.54, 1.807) is 0 Å². The number of esters is 1. The van der Waals surface area contributed by atoms with Gasteiger partial charge in [0.1, 0.15) is 5.71 Å². The molecule has 2 N–H and O–H groups in total. The molecule has 1 aliphatic heterocycles. The lowest BCUT2D eigenvalue weighted by atomic mass is 10.1. The molecule has 1 aromatic carbocycles. The van der Waals surface area contributed by atoms with Gasteiger partial charge in [0, 0.05) is 19.4 Å². The second-order valence-electron chi connectivity index (χ2n) is 5.17. The molecule has 0 spiro atoms. The van der Waals surface area contributed by atoms with Gasteiger partial charge in [-0.1, -0.05) is 30.3 Å². The maximum Gasteiger partial charge on any atom is 0.355 e. The van der Waals surface area contributed by atoms with E-state index in [1.165, 1.54) is 6.92 Å². The van der Waals surface area contributed by atoms with E-state index in [1.807, 2.05) is 30.3 Å². The van der Waals surface area contributed by atoms with Gasteiger partial charge in [-0.3, -0.25) is 9.59 Å². The highest BCUT2D eigenvalue weighted by Gasteiger charge is 2.24. The van der Waals surface area contributed by atoms with E-state index in [0.29, 0.717) is 13.0 Å². The number of nitrogens with zero attached hydrogens (tertiary/aromatic N) is 1. The van der Waals surface area contributed by atoms with Gasteiger partial charge in [-0.15, -0.1) is 0 Å². The number of carbonyl (C=O) groups is 3. The molecule has 0 saturated carbocycles. The number of nitrogens with one attached hydrogen (secondary N) is 2. The minimum atomic E-state index is -0.918. The standard InChI is InChI=1S/C16H19N3O4/c1-11(23-16(22)13-7-8-14(20)19-18-13)15(21)17-10-9-12-5-3-2-4-6-12/h2-6,11H,7-10H2,1H3,(H,17,21)(H,19,20)/t11-/m1/s1. The SMILES string of the molecule is C[C@@H](OC(=O)C1=NNC(=O)CC1)C(=O)NCCc1ccccc1. The average molecular weight is 317 g/mol. The van der Waals surface area contributed by atoms with Gasteiger partial charge in [0.05, 0.1) is 0 Å². The van der Waals surface area contributed by atoms with Crippen molar-refractivity contribution in [3.8, 4) is 0 Å². The average Bonchev–Trinajstić information content (AvgIpc) is 2.56. The molecule has 0 fully saturated rings. The highest BCUT2D eigenvalue weighted by atomic mass is 16.5. The molecule has 0 bridgehead atoms. The largest absolute Gasteiger partial charge is 0.448 e. The minimum absolute atomic E-state index is 0.119. The number of rotatable bonds is 6. The Morgan fingerprint density at radius 2 is 2.04 bits per heavy atom. The lowest BCUT2D eigenvalue weighted by Crippen LogP contribution is -2.39. The van der Waals surface area contributed by atoms with Gasteiger partial charge in [-0.25, -0.2) is 10.2 Å². The molecular weight excluding hydrogens is 298 g/mol. The Morgan fingerprint density at radius 3 is 2.70 bits per heavy atom. The van der Waals surface area contributed by atoms with E-state index in [-0.39, 0.29) is 30.4 Å². The van der Waals surface area contributed by atoms with Crippen LogP contribution in [0.5, 0.6) is 0 Å². The highest BCUT2D eigenvalue weighted by Crippen LogP contribution is 2.04. The third-order valence-electron chi connectivity index (χ3n) is 3.35. The predicted octanol–water partition coefficient (Wildman–Crippen LogP) is 0.543. The Bertz CT molecular complexity index is 613. The molecule has 23 heavy (non-hydrogen) atoms. The van der Waals surface area contributed by atoms with Crippen molar-refractivity contribution in [3.63, 3.8) is 0 Å². The molecule has 2 rings (SSSR count). The summed E-state index contributed by atoms with van der Waals surface area (Å²) >= 11 is 0. The molecule has 122 valence electrons. The van der Waals surface area contributed by atoms with Crippen LogP contribution in [0.15, 0.2) is 35.4 Å². The van der Waals surface area contributed by atoms with Crippen LogP contribution in [0, 0.1) is 0 Å². The summed E-state index contributed by atoms with van der Waals surface area (Å²) in [4.78, 5) is 34.7. The summed E-state index contributed by atoms with van der Waals surface area (Å²) in [6.45, 7) is 1.96. The van der Waals surface area contributed by atoms with Crippen molar-refractivity contribution in [2.45, 2.75) is 32.3 Å². The van der Waals surface area contributed by atoms with Crippen molar-refractivity contribution >= 4 is 23.5 Å². The third-order valence-corrected chi connectivity index (χ3v) is 3.35. The van der Waals surface area contributed by atoms with Gasteiger partial charge < -0.3 is 10.1 Å². The van der Waals surface area contributed by atoms with Crippen molar-refractivity contribution in [2.24, 2.45) is 5.10 Å². The van der Waals surface area contributed by atoms with Crippen LogP contribution in [0.4, 0.5) is 0 Å². The topological polar surface area (TPSA) is 96.9 Å². The molecule has 0 aliphatic carbocycles. The van der Waals surface area contributed by atoms with Crippen LogP contribution >= 0.6 is 0 Å². The zero-order valence-corrected chi connectivity index (χ0v) is 12.9. The Labute approximate surface area is 134 Å². The van der Waals surface area contributed by atoms with Gasteiger partial charge in [0.25, 0.3) is 5.91 Å². The normalized spacial score (nSPS) is 15.2. The van der Waals surface area contributed by atoms with Gasteiger partial charge in [0.15, 0.2) is 6.10 Å². The molecule has 1 heterocycles. The van der Waals surface area contributed by atoms with Gasteiger partial charge in [-0.05, 0) is 18.9 Å². The first kappa shape index (κ1) is 16.7. The zero-order valence-electron chi connectivity index (χ0n) is 12.9. The fourth-order valence-corrected chi connectivity index (χ4v) is 2.02. The van der Waals surface area contributed by atoms with Crippen molar-refractivity contribution < 1.29 is 19.1 Å². The number of benzene rings is 1. The van der Waals surface area contributed by atoms with Gasteiger partial charge in [-0.2, -0.15) is 5.10 Å². The quantitative estimate of drug-likeness (QED) is 0.749. The van der Waals surface area contributed by atoms with Crippen molar-refractivity contribution in [1.82, 2.24) is 10.7 Å². The predicted molar refractivity (Wildman–Crippen MR) is 83.5 cm³/mol. The first-order valence-corrected chi connectivity index (χ1v) is 7.44. The van der Waals surface area contributed by atoms with Crippen LogP contribution in [-0.4, -0.2) is 36.1 Å².